The first-order chi connectivity index (χ1) is 12.4. The Labute approximate surface area is 162 Å². The van der Waals surface area contributed by atoms with Crippen LogP contribution in [0.1, 0.15) is 39.0 Å². The highest BCUT2D eigenvalue weighted by Gasteiger charge is 2.22. The molecule has 8 heteroatoms. The van der Waals surface area contributed by atoms with Gasteiger partial charge in [0, 0.05) is 21.7 Å². The first-order valence-electron chi connectivity index (χ1n) is 8.63. The zero-order valence-corrected chi connectivity index (χ0v) is 16.2. The summed E-state index contributed by atoms with van der Waals surface area (Å²) in [5.41, 5.74) is 0. The minimum absolute atomic E-state index is 0.116. The highest BCUT2D eigenvalue weighted by molar-refractivity contribution is 7.99. The Hall–Kier alpha value is -1.73. The van der Waals surface area contributed by atoms with Gasteiger partial charge in [0.25, 0.3) is 5.91 Å². The number of nitrogens with one attached hydrogen (secondary N) is 2. The second-order valence-electron chi connectivity index (χ2n) is 6.13. The molecule has 1 aliphatic rings. The van der Waals surface area contributed by atoms with Crippen molar-refractivity contribution in [1.82, 2.24) is 10.6 Å². The summed E-state index contributed by atoms with van der Waals surface area (Å²) in [5.74, 6) is -0.582. The number of ether oxygens (including phenoxy) is 1. The van der Waals surface area contributed by atoms with Crippen molar-refractivity contribution < 1.29 is 19.1 Å². The van der Waals surface area contributed by atoms with E-state index in [-0.39, 0.29) is 12.5 Å². The zero-order valence-electron chi connectivity index (χ0n) is 14.6. The van der Waals surface area contributed by atoms with E-state index in [1.807, 2.05) is 12.1 Å². The highest BCUT2D eigenvalue weighted by Crippen LogP contribution is 2.21. The molecule has 26 heavy (non-hydrogen) atoms. The minimum atomic E-state index is -1.02. The third-order valence-electron chi connectivity index (χ3n) is 3.99. The van der Waals surface area contributed by atoms with Crippen molar-refractivity contribution in [3.8, 4) is 0 Å². The Morgan fingerprint density at radius 1 is 1.23 bits per heavy atom. The second-order valence-corrected chi connectivity index (χ2v) is 7.73. The van der Waals surface area contributed by atoms with Gasteiger partial charge in [-0.25, -0.2) is 4.79 Å². The van der Waals surface area contributed by atoms with Crippen LogP contribution >= 0.6 is 23.4 Å². The van der Waals surface area contributed by atoms with Gasteiger partial charge in [-0.1, -0.05) is 24.4 Å². The largest absolute Gasteiger partial charge is 0.453 e. The number of imide groups is 1. The van der Waals surface area contributed by atoms with E-state index < -0.39 is 24.0 Å². The van der Waals surface area contributed by atoms with Crippen molar-refractivity contribution in [1.29, 1.82) is 0 Å². The van der Waals surface area contributed by atoms with Crippen molar-refractivity contribution in [2.45, 2.75) is 56.1 Å². The third-order valence-corrected chi connectivity index (χ3v) is 5.26. The topological polar surface area (TPSA) is 84.5 Å². The van der Waals surface area contributed by atoms with E-state index in [0.29, 0.717) is 10.8 Å². The fourth-order valence-corrected chi connectivity index (χ4v) is 3.56. The van der Waals surface area contributed by atoms with Crippen LogP contribution in [-0.2, 0) is 14.3 Å². The van der Waals surface area contributed by atoms with Crippen LogP contribution in [0.3, 0.4) is 0 Å². The van der Waals surface area contributed by atoms with Gasteiger partial charge in [0.05, 0.1) is 6.42 Å². The first-order valence-corrected chi connectivity index (χ1v) is 9.99. The lowest BCUT2D eigenvalue weighted by Gasteiger charge is -2.15. The summed E-state index contributed by atoms with van der Waals surface area (Å²) < 4.78 is 5.07. The Kier molecular flexibility index (Phi) is 8.25. The minimum Gasteiger partial charge on any atom is -0.453 e. The smallest absolute Gasteiger partial charge is 0.321 e. The van der Waals surface area contributed by atoms with E-state index in [1.54, 1.807) is 12.1 Å². The summed E-state index contributed by atoms with van der Waals surface area (Å²) in [5, 5.41) is 5.62. The van der Waals surface area contributed by atoms with Crippen LogP contribution in [-0.4, -0.2) is 35.8 Å². The van der Waals surface area contributed by atoms with Gasteiger partial charge in [0.1, 0.15) is 0 Å². The number of benzene rings is 1. The molecule has 1 aliphatic carbocycles. The molecule has 3 amide bonds. The molecule has 6 nitrogen and oxygen atoms in total. The normalized spacial score (nSPS) is 15.3. The number of esters is 1. The maximum absolute atomic E-state index is 11.9. The van der Waals surface area contributed by atoms with E-state index in [4.69, 9.17) is 16.3 Å². The number of hydrogen-bond donors (Lipinski definition) is 2. The molecule has 0 heterocycles. The van der Waals surface area contributed by atoms with Gasteiger partial charge in [-0.3, -0.25) is 14.9 Å². The number of thioether (sulfide) groups is 1. The quantitative estimate of drug-likeness (QED) is 0.542. The molecule has 1 unspecified atom stereocenters. The van der Waals surface area contributed by atoms with Gasteiger partial charge >= 0.3 is 12.0 Å². The first kappa shape index (κ1) is 20.6. The Bertz CT molecular complexity index is 633. The van der Waals surface area contributed by atoms with E-state index in [9.17, 15) is 14.4 Å². The van der Waals surface area contributed by atoms with Gasteiger partial charge in [0.15, 0.2) is 6.10 Å². The number of rotatable bonds is 7. The maximum atomic E-state index is 11.9. The molecule has 0 aliphatic heterocycles. The van der Waals surface area contributed by atoms with E-state index in [0.717, 1.165) is 30.6 Å². The van der Waals surface area contributed by atoms with Crippen LogP contribution < -0.4 is 10.6 Å². The molecule has 0 aromatic heterocycles. The van der Waals surface area contributed by atoms with Crippen LogP contribution in [0.2, 0.25) is 5.02 Å². The standard InChI is InChI=1S/C18H23ClN2O4S/c1-12(17(23)21-18(24)20-14-4-2-3-5-14)25-16(22)10-11-26-15-8-6-13(19)7-9-15/h6-9,12,14H,2-5,10-11H2,1H3,(H2,20,21,23,24). The van der Waals surface area contributed by atoms with Gasteiger partial charge in [-0.05, 0) is 44.0 Å². The molecular weight excluding hydrogens is 376 g/mol. The molecule has 0 bridgehead atoms. The van der Waals surface area contributed by atoms with Gasteiger partial charge in [-0.2, -0.15) is 0 Å². The van der Waals surface area contributed by atoms with Crippen LogP contribution in [0.5, 0.6) is 0 Å². The Morgan fingerprint density at radius 2 is 1.88 bits per heavy atom. The molecule has 2 N–H and O–H groups in total. The number of amides is 3. The van der Waals surface area contributed by atoms with Gasteiger partial charge < -0.3 is 10.1 Å². The van der Waals surface area contributed by atoms with Crippen LogP contribution in [0, 0.1) is 0 Å². The molecule has 0 spiro atoms. The monoisotopic (exact) mass is 398 g/mol. The Balaban J connectivity index is 1.64. The molecule has 1 saturated carbocycles. The number of hydrogen-bond acceptors (Lipinski definition) is 5. The molecule has 0 saturated heterocycles. The molecule has 1 aromatic rings. The van der Waals surface area contributed by atoms with Crippen molar-refractivity contribution in [3.05, 3.63) is 29.3 Å². The number of halogens is 1. The summed E-state index contributed by atoms with van der Waals surface area (Å²) in [7, 11) is 0. The molecular formula is C18H23ClN2O4S. The van der Waals surface area contributed by atoms with E-state index in [2.05, 4.69) is 10.6 Å². The summed E-state index contributed by atoms with van der Waals surface area (Å²) in [6.45, 7) is 1.45. The van der Waals surface area contributed by atoms with E-state index >= 15 is 0 Å². The summed E-state index contributed by atoms with van der Waals surface area (Å²) in [6.07, 6.45) is 3.17. The van der Waals surface area contributed by atoms with E-state index in [1.165, 1.54) is 18.7 Å². The highest BCUT2D eigenvalue weighted by atomic mass is 35.5. The molecule has 0 radical (unpaired) electrons. The zero-order chi connectivity index (χ0) is 18.9. The van der Waals surface area contributed by atoms with Gasteiger partial charge in [0.2, 0.25) is 0 Å². The predicted molar refractivity (Wildman–Crippen MR) is 101 cm³/mol. The average molecular weight is 399 g/mol. The van der Waals surface area contributed by atoms with Crippen molar-refractivity contribution in [2.75, 3.05) is 5.75 Å². The molecule has 1 fully saturated rings. The maximum Gasteiger partial charge on any atom is 0.321 e. The fraction of sp³-hybridized carbons (Fsp3) is 0.500. The van der Waals surface area contributed by atoms with Crippen molar-refractivity contribution in [2.24, 2.45) is 0 Å². The summed E-state index contributed by atoms with van der Waals surface area (Å²) >= 11 is 7.31. The lowest BCUT2D eigenvalue weighted by atomic mass is 10.2. The SMILES string of the molecule is CC(OC(=O)CCSc1ccc(Cl)cc1)C(=O)NC(=O)NC1CCCC1. The molecule has 142 valence electrons. The van der Waals surface area contributed by atoms with Crippen LogP contribution in [0.4, 0.5) is 4.79 Å². The van der Waals surface area contributed by atoms with Crippen LogP contribution in [0.15, 0.2) is 29.2 Å². The molecule has 2 rings (SSSR count). The number of carbonyl (C=O) groups excluding carboxylic acids is 3. The van der Waals surface area contributed by atoms with Crippen molar-refractivity contribution in [3.63, 3.8) is 0 Å². The molecule has 1 atom stereocenters. The average Bonchev–Trinajstić information content (AvgIpc) is 3.09. The van der Waals surface area contributed by atoms with Gasteiger partial charge in [-0.15, -0.1) is 11.8 Å². The number of carbonyl (C=O) groups is 3. The Morgan fingerprint density at radius 3 is 2.54 bits per heavy atom. The predicted octanol–water partition coefficient (Wildman–Crippen LogP) is 3.52. The van der Waals surface area contributed by atoms with Crippen LogP contribution in [0.25, 0.3) is 0 Å². The lowest BCUT2D eigenvalue weighted by molar-refractivity contribution is -0.154. The number of urea groups is 1. The fourth-order valence-electron chi connectivity index (χ4n) is 2.60. The third kappa shape index (κ3) is 7.25. The van der Waals surface area contributed by atoms with Crippen molar-refractivity contribution >= 4 is 41.3 Å². The molecule has 1 aromatic carbocycles. The lowest BCUT2D eigenvalue weighted by Crippen LogP contribution is -2.47. The summed E-state index contributed by atoms with van der Waals surface area (Å²) in [4.78, 5) is 36.5. The summed E-state index contributed by atoms with van der Waals surface area (Å²) in [6, 6.07) is 6.89. The second kappa shape index (κ2) is 10.4.